The molecule has 1 aromatic heterocycles. The Morgan fingerprint density at radius 2 is 2.10 bits per heavy atom. The number of hydrogen-bond acceptors (Lipinski definition) is 3. The topological polar surface area (TPSA) is 42.7 Å². The van der Waals surface area contributed by atoms with Crippen LogP contribution in [0.25, 0.3) is 11.3 Å². The predicted molar refractivity (Wildman–Crippen MR) is 77.7 cm³/mol. The Morgan fingerprint density at radius 3 is 2.80 bits per heavy atom. The van der Waals surface area contributed by atoms with Crippen LogP contribution in [0.3, 0.4) is 0 Å². The third-order valence-corrected chi connectivity index (χ3v) is 3.12. The van der Waals surface area contributed by atoms with Gasteiger partial charge in [0.25, 0.3) is 0 Å². The molecule has 0 aliphatic heterocycles. The lowest BCUT2D eigenvalue weighted by Gasteiger charge is -2.08. The quantitative estimate of drug-likeness (QED) is 0.791. The first-order chi connectivity index (χ1) is 9.76. The summed E-state index contributed by atoms with van der Waals surface area (Å²) in [5.41, 5.74) is 2.24. The summed E-state index contributed by atoms with van der Waals surface area (Å²) in [6.45, 7) is 6.55. The zero-order valence-electron chi connectivity index (χ0n) is 12.1. The SMILES string of the molecule is CCCNCc1ccc(-c2cnnn2CCC)c(F)c1. The summed E-state index contributed by atoms with van der Waals surface area (Å²) in [5, 5.41) is 11.1. The van der Waals surface area contributed by atoms with Gasteiger partial charge in [-0.2, -0.15) is 0 Å². The second kappa shape index (κ2) is 7.14. The van der Waals surface area contributed by atoms with Crippen molar-refractivity contribution in [2.45, 2.75) is 39.8 Å². The number of hydrogen-bond donors (Lipinski definition) is 1. The summed E-state index contributed by atoms with van der Waals surface area (Å²) in [6.07, 6.45) is 3.63. The van der Waals surface area contributed by atoms with E-state index in [-0.39, 0.29) is 5.82 Å². The molecule has 20 heavy (non-hydrogen) atoms. The summed E-state index contributed by atoms with van der Waals surface area (Å²) in [5.74, 6) is -0.222. The van der Waals surface area contributed by atoms with E-state index in [0.29, 0.717) is 12.1 Å². The minimum absolute atomic E-state index is 0.222. The fourth-order valence-corrected chi connectivity index (χ4v) is 2.13. The first kappa shape index (κ1) is 14.7. The average molecular weight is 276 g/mol. The lowest BCUT2D eigenvalue weighted by atomic mass is 10.1. The van der Waals surface area contributed by atoms with E-state index in [0.717, 1.165) is 37.2 Å². The zero-order valence-corrected chi connectivity index (χ0v) is 12.1. The Hall–Kier alpha value is -1.75. The van der Waals surface area contributed by atoms with Crippen molar-refractivity contribution in [3.8, 4) is 11.3 Å². The van der Waals surface area contributed by atoms with Gasteiger partial charge in [-0.15, -0.1) is 5.10 Å². The smallest absolute Gasteiger partial charge is 0.132 e. The predicted octanol–water partition coefficient (Wildman–Crippen LogP) is 2.99. The van der Waals surface area contributed by atoms with Crippen molar-refractivity contribution in [3.05, 3.63) is 35.8 Å². The van der Waals surface area contributed by atoms with E-state index in [1.807, 2.05) is 12.1 Å². The Labute approximate surface area is 119 Å². The standard InChI is InChI=1S/C15H21FN4/c1-3-7-17-10-12-5-6-13(14(16)9-12)15-11-18-19-20(15)8-4-2/h5-6,9,11,17H,3-4,7-8,10H2,1-2H3. The monoisotopic (exact) mass is 276 g/mol. The van der Waals surface area contributed by atoms with E-state index in [1.54, 1.807) is 16.9 Å². The van der Waals surface area contributed by atoms with Crippen molar-refractivity contribution in [2.75, 3.05) is 6.54 Å². The van der Waals surface area contributed by atoms with Crippen molar-refractivity contribution in [2.24, 2.45) is 0 Å². The molecule has 2 rings (SSSR count). The fraction of sp³-hybridized carbons (Fsp3) is 0.467. The highest BCUT2D eigenvalue weighted by molar-refractivity contribution is 5.59. The number of rotatable bonds is 7. The minimum atomic E-state index is -0.222. The van der Waals surface area contributed by atoms with Crippen LogP contribution in [-0.4, -0.2) is 21.5 Å². The molecule has 108 valence electrons. The summed E-state index contributed by atoms with van der Waals surface area (Å²) in [6, 6.07) is 5.34. The van der Waals surface area contributed by atoms with Gasteiger partial charge in [0.1, 0.15) is 5.82 Å². The van der Waals surface area contributed by atoms with E-state index >= 15 is 0 Å². The number of halogens is 1. The van der Waals surface area contributed by atoms with Crippen molar-refractivity contribution in [1.82, 2.24) is 20.3 Å². The number of nitrogens with zero attached hydrogens (tertiary/aromatic N) is 3. The van der Waals surface area contributed by atoms with Crippen LogP contribution in [0.1, 0.15) is 32.3 Å². The lowest BCUT2D eigenvalue weighted by Crippen LogP contribution is -2.14. The first-order valence-electron chi connectivity index (χ1n) is 7.14. The van der Waals surface area contributed by atoms with Gasteiger partial charge in [-0.3, -0.25) is 0 Å². The normalized spacial score (nSPS) is 10.9. The van der Waals surface area contributed by atoms with Crippen molar-refractivity contribution < 1.29 is 4.39 Å². The maximum atomic E-state index is 14.2. The Balaban J connectivity index is 2.18. The van der Waals surface area contributed by atoms with Gasteiger partial charge in [-0.05, 0) is 37.1 Å². The van der Waals surface area contributed by atoms with Crippen LogP contribution in [0.2, 0.25) is 0 Å². The van der Waals surface area contributed by atoms with E-state index < -0.39 is 0 Å². The molecule has 4 nitrogen and oxygen atoms in total. The van der Waals surface area contributed by atoms with Crippen LogP contribution < -0.4 is 5.32 Å². The van der Waals surface area contributed by atoms with Crippen LogP contribution in [0.5, 0.6) is 0 Å². The Kier molecular flexibility index (Phi) is 5.24. The second-order valence-electron chi connectivity index (χ2n) is 4.83. The maximum Gasteiger partial charge on any atom is 0.132 e. The highest BCUT2D eigenvalue weighted by Gasteiger charge is 2.11. The Bertz CT molecular complexity index is 551. The van der Waals surface area contributed by atoms with E-state index in [1.165, 1.54) is 0 Å². The van der Waals surface area contributed by atoms with Crippen molar-refractivity contribution in [3.63, 3.8) is 0 Å². The van der Waals surface area contributed by atoms with Crippen molar-refractivity contribution in [1.29, 1.82) is 0 Å². The highest BCUT2D eigenvalue weighted by atomic mass is 19.1. The van der Waals surface area contributed by atoms with Crippen LogP contribution in [-0.2, 0) is 13.1 Å². The summed E-state index contributed by atoms with van der Waals surface area (Å²) in [7, 11) is 0. The maximum absolute atomic E-state index is 14.2. The fourth-order valence-electron chi connectivity index (χ4n) is 2.13. The summed E-state index contributed by atoms with van der Waals surface area (Å²) >= 11 is 0. The molecule has 0 atom stereocenters. The number of aromatic nitrogens is 3. The summed E-state index contributed by atoms with van der Waals surface area (Å²) in [4.78, 5) is 0. The molecular formula is C15H21FN4. The van der Waals surface area contributed by atoms with Crippen molar-refractivity contribution >= 4 is 0 Å². The third kappa shape index (κ3) is 3.42. The molecule has 2 aromatic rings. The Morgan fingerprint density at radius 1 is 1.25 bits per heavy atom. The molecule has 0 spiro atoms. The molecule has 0 aliphatic rings. The van der Waals surface area contributed by atoms with Crippen LogP contribution >= 0.6 is 0 Å². The van der Waals surface area contributed by atoms with Crippen LogP contribution in [0.4, 0.5) is 4.39 Å². The van der Waals surface area contributed by atoms with E-state index in [4.69, 9.17) is 0 Å². The zero-order chi connectivity index (χ0) is 14.4. The molecule has 1 heterocycles. The molecule has 0 amide bonds. The molecule has 1 aromatic carbocycles. The molecule has 1 N–H and O–H groups in total. The molecular weight excluding hydrogens is 255 g/mol. The van der Waals surface area contributed by atoms with Gasteiger partial charge in [0.2, 0.25) is 0 Å². The molecule has 0 fully saturated rings. The molecule has 0 unspecified atom stereocenters. The molecule has 0 aliphatic carbocycles. The minimum Gasteiger partial charge on any atom is -0.313 e. The molecule has 0 saturated carbocycles. The van der Waals surface area contributed by atoms with Crippen LogP contribution in [0, 0.1) is 5.82 Å². The van der Waals surface area contributed by atoms with Gasteiger partial charge in [-0.25, -0.2) is 9.07 Å². The molecule has 0 saturated heterocycles. The van der Waals surface area contributed by atoms with Gasteiger partial charge < -0.3 is 5.32 Å². The lowest BCUT2D eigenvalue weighted by molar-refractivity contribution is 0.578. The average Bonchev–Trinajstić information content (AvgIpc) is 2.88. The van der Waals surface area contributed by atoms with Gasteiger partial charge in [0.15, 0.2) is 0 Å². The number of benzene rings is 1. The van der Waals surface area contributed by atoms with Gasteiger partial charge in [0.05, 0.1) is 11.9 Å². The molecule has 0 radical (unpaired) electrons. The van der Waals surface area contributed by atoms with Gasteiger partial charge in [-0.1, -0.05) is 25.1 Å². The first-order valence-corrected chi connectivity index (χ1v) is 7.14. The van der Waals surface area contributed by atoms with Crippen LogP contribution in [0.15, 0.2) is 24.4 Å². The number of aryl methyl sites for hydroxylation is 1. The third-order valence-electron chi connectivity index (χ3n) is 3.12. The molecule has 5 heteroatoms. The highest BCUT2D eigenvalue weighted by Crippen LogP contribution is 2.23. The largest absolute Gasteiger partial charge is 0.313 e. The van der Waals surface area contributed by atoms with E-state index in [2.05, 4.69) is 29.5 Å². The van der Waals surface area contributed by atoms with Gasteiger partial charge >= 0.3 is 0 Å². The second-order valence-corrected chi connectivity index (χ2v) is 4.83. The van der Waals surface area contributed by atoms with E-state index in [9.17, 15) is 4.39 Å². The van der Waals surface area contributed by atoms with Gasteiger partial charge in [0, 0.05) is 18.7 Å². The summed E-state index contributed by atoms with van der Waals surface area (Å²) < 4.78 is 16.0. The molecule has 0 bridgehead atoms. The number of nitrogens with one attached hydrogen (secondary N) is 1.